The van der Waals surface area contributed by atoms with Crippen molar-refractivity contribution in [3.05, 3.63) is 33.9 Å². The van der Waals surface area contributed by atoms with E-state index in [4.69, 9.17) is 0 Å². The lowest BCUT2D eigenvalue weighted by atomic mass is 10.1. The molecule has 0 radical (unpaired) electrons. The van der Waals surface area contributed by atoms with E-state index in [9.17, 15) is 10.1 Å². The van der Waals surface area contributed by atoms with Crippen LogP contribution in [-0.4, -0.2) is 43.3 Å². The molecule has 1 aliphatic rings. The Balaban J connectivity index is 2.35. The lowest BCUT2D eigenvalue weighted by Crippen LogP contribution is -2.30. The van der Waals surface area contributed by atoms with E-state index in [1.54, 1.807) is 23.4 Å². The third kappa shape index (κ3) is 3.46. The highest BCUT2D eigenvalue weighted by Gasteiger charge is 2.16. The molecule has 1 aromatic rings. The minimum Gasteiger partial charge on any atom is -0.371 e. The van der Waals surface area contributed by atoms with Crippen molar-refractivity contribution in [2.24, 2.45) is 5.10 Å². The molecule has 0 bridgehead atoms. The van der Waals surface area contributed by atoms with E-state index in [2.05, 4.69) is 10.0 Å². The van der Waals surface area contributed by atoms with Crippen molar-refractivity contribution in [3.8, 4) is 0 Å². The van der Waals surface area contributed by atoms with Crippen LogP contribution >= 0.6 is 0 Å². The third-order valence-electron chi connectivity index (χ3n) is 3.35. The van der Waals surface area contributed by atoms with E-state index in [1.165, 1.54) is 19.3 Å². The van der Waals surface area contributed by atoms with Gasteiger partial charge in [0.1, 0.15) is 0 Å². The molecule has 1 aliphatic heterocycles. The maximum absolute atomic E-state index is 10.9. The number of nitrogens with zero attached hydrogens (tertiary/aromatic N) is 4. The van der Waals surface area contributed by atoms with Gasteiger partial charge < -0.3 is 9.91 Å². The van der Waals surface area contributed by atoms with Gasteiger partial charge in [-0.25, -0.2) is 0 Å². The molecule has 0 unspecified atom stereocenters. The van der Waals surface area contributed by atoms with E-state index < -0.39 is 0 Å². The Morgan fingerprint density at radius 3 is 2.60 bits per heavy atom. The molecule has 0 aliphatic carbocycles. The van der Waals surface area contributed by atoms with Crippen LogP contribution in [0, 0.1) is 10.1 Å². The first-order valence-electron chi connectivity index (χ1n) is 6.82. The topological polar surface area (TPSA) is 62.0 Å². The summed E-state index contributed by atoms with van der Waals surface area (Å²) >= 11 is 0. The van der Waals surface area contributed by atoms with Crippen molar-refractivity contribution >= 4 is 17.6 Å². The van der Waals surface area contributed by atoms with Gasteiger partial charge in [-0.05, 0) is 25.3 Å². The fraction of sp³-hybridized carbons (Fsp3) is 0.500. The van der Waals surface area contributed by atoms with E-state index in [-0.39, 0.29) is 10.6 Å². The average molecular weight is 276 g/mol. The molecular weight excluding hydrogens is 256 g/mol. The van der Waals surface area contributed by atoms with Crippen LogP contribution in [0.25, 0.3) is 0 Å². The van der Waals surface area contributed by atoms with Crippen LogP contribution in [0.2, 0.25) is 0 Å². The Labute approximate surface area is 118 Å². The predicted octanol–water partition coefficient (Wildman–Crippen LogP) is 2.48. The Morgan fingerprint density at radius 2 is 2.00 bits per heavy atom. The van der Waals surface area contributed by atoms with Gasteiger partial charge in [0.15, 0.2) is 0 Å². The summed E-state index contributed by atoms with van der Waals surface area (Å²) in [5.74, 6) is 0. The Hall–Kier alpha value is -2.11. The number of hydrogen-bond donors (Lipinski definition) is 0. The van der Waals surface area contributed by atoms with Gasteiger partial charge >= 0.3 is 0 Å². The summed E-state index contributed by atoms with van der Waals surface area (Å²) in [6.07, 6.45) is 5.28. The number of nitro groups is 1. The van der Waals surface area contributed by atoms with Crippen LogP contribution in [-0.2, 0) is 0 Å². The highest BCUT2D eigenvalue weighted by molar-refractivity contribution is 5.89. The van der Waals surface area contributed by atoms with Gasteiger partial charge in [0.05, 0.1) is 11.1 Å². The molecule has 1 aromatic carbocycles. The molecule has 0 atom stereocenters. The number of rotatable bonds is 4. The SMILES string of the molecule is CN(C)/N=C\c1cc([N+](=O)[O-])ccc1N1CCCCC1. The van der Waals surface area contributed by atoms with Gasteiger partial charge in [0.25, 0.3) is 5.69 Å². The van der Waals surface area contributed by atoms with Crippen molar-refractivity contribution in [1.29, 1.82) is 0 Å². The zero-order valence-electron chi connectivity index (χ0n) is 12.0. The van der Waals surface area contributed by atoms with Crippen LogP contribution in [0.5, 0.6) is 0 Å². The number of nitro benzene ring substituents is 1. The molecule has 0 N–H and O–H groups in total. The fourth-order valence-electron chi connectivity index (χ4n) is 2.36. The molecule has 0 saturated carbocycles. The minimum atomic E-state index is -0.368. The van der Waals surface area contributed by atoms with Crippen LogP contribution in [0.15, 0.2) is 23.3 Å². The molecule has 0 amide bonds. The standard InChI is InChI=1S/C14H20N4O2/c1-16(2)15-11-12-10-13(18(19)20)6-7-14(12)17-8-4-3-5-9-17/h6-7,10-11H,3-5,8-9H2,1-2H3/b15-11-. The van der Waals surface area contributed by atoms with Gasteiger partial charge in [-0.15, -0.1) is 0 Å². The second-order valence-corrected chi connectivity index (χ2v) is 5.14. The summed E-state index contributed by atoms with van der Waals surface area (Å²) in [5, 5.41) is 16.8. The molecule has 6 nitrogen and oxygen atoms in total. The first kappa shape index (κ1) is 14.3. The number of piperidine rings is 1. The number of benzene rings is 1. The second kappa shape index (κ2) is 6.36. The van der Waals surface area contributed by atoms with Crippen molar-refractivity contribution in [3.63, 3.8) is 0 Å². The lowest BCUT2D eigenvalue weighted by Gasteiger charge is -2.30. The summed E-state index contributed by atoms with van der Waals surface area (Å²) in [6.45, 7) is 2.00. The Morgan fingerprint density at radius 1 is 1.30 bits per heavy atom. The lowest BCUT2D eigenvalue weighted by molar-refractivity contribution is -0.384. The first-order chi connectivity index (χ1) is 9.58. The summed E-state index contributed by atoms with van der Waals surface area (Å²) in [5.41, 5.74) is 1.93. The van der Waals surface area contributed by atoms with Gasteiger partial charge in [-0.2, -0.15) is 5.10 Å². The van der Waals surface area contributed by atoms with Crippen LogP contribution in [0.4, 0.5) is 11.4 Å². The molecule has 1 saturated heterocycles. The molecule has 2 rings (SSSR count). The average Bonchev–Trinajstić information content (AvgIpc) is 2.45. The molecule has 1 fully saturated rings. The Bertz CT molecular complexity index is 508. The number of non-ortho nitro benzene ring substituents is 1. The van der Waals surface area contributed by atoms with Gasteiger partial charge in [0, 0.05) is 50.6 Å². The monoisotopic (exact) mass is 276 g/mol. The normalized spacial score (nSPS) is 15.6. The summed E-state index contributed by atoms with van der Waals surface area (Å²) < 4.78 is 0. The maximum atomic E-state index is 10.9. The summed E-state index contributed by atoms with van der Waals surface area (Å²) in [6, 6.07) is 4.99. The highest BCUT2D eigenvalue weighted by atomic mass is 16.6. The fourth-order valence-corrected chi connectivity index (χ4v) is 2.36. The number of anilines is 1. The molecule has 1 heterocycles. The number of hydrazone groups is 1. The van der Waals surface area contributed by atoms with E-state index >= 15 is 0 Å². The number of hydrogen-bond acceptors (Lipinski definition) is 5. The van der Waals surface area contributed by atoms with E-state index in [0.29, 0.717) is 0 Å². The highest BCUT2D eigenvalue weighted by Crippen LogP contribution is 2.26. The molecule has 20 heavy (non-hydrogen) atoms. The summed E-state index contributed by atoms with van der Waals surface area (Å²) in [4.78, 5) is 12.8. The quantitative estimate of drug-likeness (QED) is 0.481. The molecule has 0 spiro atoms. The smallest absolute Gasteiger partial charge is 0.270 e. The third-order valence-corrected chi connectivity index (χ3v) is 3.35. The van der Waals surface area contributed by atoms with Crippen molar-refractivity contribution < 1.29 is 4.92 Å². The van der Waals surface area contributed by atoms with Crippen molar-refractivity contribution in [2.45, 2.75) is 19.3 Å². The van der Waals surface area contributed by atoms with Gasteiger partial charge in [-0.3, -0.25) is 10.1 Å². The van der Waals surface area contributed by atoms with Gasteiger partial charge in [0.2, 0.25) is 0 Å². The van der Waals surface area contributed by atoms with E-state index in [1.807, 2.05) is 20.2 Å². The van der Waals surface area contributed by atoms with E-state index in [0.717, 1.165) is 24.3 Å². The minimum absolute atomic E-state index is 0.103. The predicted molar refractivity (Wildman–Crippen MR) is 80.4 cm³/mol. The summed E-state index contributed by atoms with van der Waals surface area (Å²) in [7, 11) is 3.66. The van der Waals surface area contributed by atoms with Crippen LogP contribution < -0.4 is 4.90 Å². The zero-order chi connectivity index (χ0) is 14.5. The van der Waals surface area contributed by atoms with Gasteiger partial charge in [-0.1, -0.05) is 0 Å². The molecular formula is C14H20N4O2. The zero-order valence-corrected chi connectivity index (χ0v) is 12.0. The Kier molecular flexibility index (Phi) is 4.55. The maximum Gasteiger partial charge on any atom is 0.270 e. The van der Waals surface area contributed by atoms with Crippen LogP contribution in [0.1, 0.15) is 24.8 Å². The van der Waals surface area contributed by atoms with Crippen molar-refractivity contribution in [1.82, 2.24) is 5.01 Å². The molecule has 6 heteroatoms. The first-order valence-corrected chi connectivity index (χ1v) is 6.82. The molecule has 0 aromatic heterocycles. The van der Waals surface area contributed by atoms with Crippen molar-refractivity contribution in [2.75, 3.05) is 32.1 Å². The second-order valence-electron chi connectivity index (χ2n) is 5.14. The molecule has 108 valence electrons. The largest absolute Gasteiger partial charge is 0.371 e. The van der Waals surface area contributed by atoms with Crippen LogP contribution in [0.3, 0.4) is 0 Å².